The van der Waals surface area contributed by atoms with Crippen molar-refractivity contribution < 1.29 is 38.5 Å². The van der Waals surface area contributed by atoms with Crippen LogP contribution >= 0.6 is 11.8 Å². The molecule has 1 aliphatic heterocycles. The summed E-state index contributed by atoms with van der Waals surface area (Å²) < 4.78 is 16.6. The van der Waals surface area contributed by atoms with Crippen molar-refractivity contribution in [3.63, 3.8) is 0 Å². The average Bonchev–Trinajstić information content (AvgIpc) is 3.20. The lowest BCUT2D eigenvalue weighted by atomic mass is 10.1. The first-order valence-electron chi connectivity index (χ1n) is 12.2. The molecule has 2 N–H and O–H groups in total. The van der Waals surface area contributed by atoms with Crippen LogP contribution in [0.2, 0.25) is 0 Å². The molecule has 0 bridgehead atoms. The summed E-state index contributed by atoms with van der Waals surface area (Å²) in [5.74, 6) is -0.643. The van der Waals surface area contributed by atoms with Crippen LogP contribution in [0, 0.1) is 0 Å². The zero-order chi connectivity index (χ0) is 28.6. The molecule has 0 aromatic heterocycles. The molecule has 10 nitrogen and oxygen atoms in total. The second kappa shape index (κ2) is 12.9. The van der Waals surface area contributed by atoms with Gasteiger partial charge in [-0.25, -0.2) is 4.79 Å². The SMILES string of the molecule is CCOc1ccc(NC(=O)CN2C(=O)S/C(=C/c3ccc(OCc4cccc(C(=O)O)c4)c(OC)c3)C2=O)cc1. The fourth-order valence-corrected chi connectivity index (χ4v) is 4.62. The number of carboxylic acid groups (broad SMARTS) is 1. The Morgan fingerprint density at radius 3 is 2.48 bits per heavy atom. The number of carbonyl (C=O) groups is 4. The molecule has 0 radical (unpaired) electrons. The Labute approximate surface area is 234 Å². The molecule has 3 aromatic rings. The number of hydrogen-bond donors (Lipinski definition) is 2. The number of methoxy groups -OCH3 is 1. The quantitative estimate of drug-likeness (QED) is 0.308. The Balaban J connectivity index is 1.40. The van der Waals surface area contributed by atoms with Crippen molar-refractivity contribution >= 4 is 46.5 Å². The highest BCUT2D eigenvalue weighted by Crippen LogP contribution is 2.35. The first-order valence-corrected chi connectivity index (χ1v) is 13.0. The molecule has 3 amide bonds. The number of nitrogens with one attached hydrogen (secondary N) is 1. The molecule has 1 fully saturated rings. The van der Waals surface area contributed by atoms with Gasteiger partial charge in [0.2, 0.25) is 5.91 Å². The van der Waals surface area contributed by atoms with E-state index in [0.717, 1.165) is 16.7 Å². The van der Waals surface area contributed by atoms with Crippen LogP contribution < -0.4 is 19.5 Å². The number of benzene rings is 3. The van der Waals surface area contributed by atoms with E-state index in [1.54, 1.807) is 54.6 Å². The number of nitrogens with zero attached hydrogens (tertiary/aromatic N) is 1. The van der Waals surface area contributed by atoms with E-state index in [1.165, 1.54) is 25.3 Å². The standard InChI is InChI=1S/C29H26N2O8S/c1-3-38-22-10-8-21(9-11-22)30-26(32)16-31-27(33)25(40-29(31)36)15-18-7-12-23(24(14-18)37-2)39-17-19-5-4-6-20(13-19)28(34)35/h4-15H,3,16-17H2,1-2H3,(H,30,32)(H,34,35)/b25-15+. The number of thioether (sulfide) groups is 1. The maximum atomic E-state index is 12.9. The lowest BCUT2D eigenvalue weighted by Gasteiger charge is -2.13. The molecule has 0 spiro atoms. The lowest BCUT2D eigenvalue weighted by molar-refractivity contribution is -0.127. The zero-order valence-corrected chi connectivity index (χ0v) is 22.5. The van der Waals surface area contributed by atoms with Crippen molar-refractivity contribution in [2.45, 2.75) is 13.5 Å². The summed E-state index contributed by atoms with van der Waals surface area (Å²) in [6, 6.07) is 18.2. The first kappa shape index (κ1) is 28.2. The fourth-order valence-electron chi connectivity index (χ4n) is 3.78. The van der Waals surface area contributed by atoms with Gasteiger partial charge in [0, 0.05) is 5.69 Å². The Hall–Kier alpha value is -4.77. The maximum Gasteiger partial charge on any atom is 0.335 e. The number of carboxylic acids is 1. The van der Waals surface area contributed by atoms with E-state index < -0.39 is 29.6 Å². The monoisotopic (exact) mass is 562 g/mol. The van der Waals surface area contributed by atoms with Crippen LogP contribution in [0.5, 0.6) is 17.2 Å². The molecular formula is C29H26N2O8S. The van der Waals surface area contributed by atoms with Crippen LogP contribution in [-0.4, -0.2) is 53.3 Å². The summed E-state index contributed by atoms with van der Waals surface area (Å²) in [7, 11) is 1.47. The van der Waals surface area contributed by atoms with E-state index in [0.29, 0.717) is 40.7 Å². The van der Waals surface area contributed by atoms with E-state index in [9.17, 15) is 19.2 Å². The molecule has 1 aliphatic rings. The van der Waals surface area contributed by atoms with Gasteiger partial charge < -0.3 is 24.6 Å². The molecule has 0 unspecified atom stereocenters. The number of aromatic carboxylic acids is 1. The van der Waals surface area contributed by atoms with Gasteiger partial charge in [-0.05, 0) is 84.4 Å². The summed E-state index contributed by atoms with van der Waals surface area (Å²) in [5, 5.41) is 11.3. The van der Waals surface area contributed by atoms with Crippen LogP contribution in [-0.2, 0) is 16.2 Å². The molecule has 0 saturated carbocycles. The Morgan fingerprint density at radius 2 is 1.77 bits per heavy atom. The molecule has 0 aliphatic carbocycles. The van der Waals surface area contributed by atoms with Gasteiger partial charge in [0.05, 0.1) is 24.2 Å². The normalized spacial score (nSPS) is 13.8. The number of amides is 3. The topological polar surface area (TPSA) is 131 Å². The molecule has 11 heteroatoms. The number of imide groups is 1. The highest BCUT2D eigenvalue weighted by molar-refractivity contribution is 8.18. The predicted molar refractivity (Wildman–Crippen MR) is 150 cm³/mol. The van der Waals surface area contributed by atoms with Gasteiger partial charge in [-0.15, -0.1) is 0 Å². The van der Waals surface area contributed by atoms with E-state index in [1.807, 2.05) is 6.92 Å². The first-order chi connectivity index (χ1) is 19.3. The van der Waals surface area contributed by atoms with Crippen LogP contribution in [0.25, 0.3) is 6.08 Å². The third-order valence-electron chi connectivity index (χ3n) is 5.68. The largest absolute Gasteiger partial charge is 0.494 e. The van der Waals surface area contributed by atoms with Crippen LogP contribution in [0.15, 0.2) is 71.6 Å². The summed E-state index contributed by atoms with van der Waals surface area (Å²) in [5.41, 5.74) is 1.93. The summed E-state index contributed by atoms with van der Waals surface area (Å²) in [4.78, 5) is 50.1. The van der Waals surface area contributed by atoms with Crippen LogP contribution in [0.4, 0.5) is 10.5 Å². The van der Waals surface area contributed by atoms with Gasteiger partial charge in [0.25, 0.3) is 11.1 Å². The van der Waals surface area contributed by atoms with Gasteiger partial charge in [-0.2, -0.15) is 0 Å². The van der Waals surface area contributed by atoms with Crippen molar-refractivity contribution in [1.82, 2.24) is 4.90 Å². The van der Waals surface area contributed by atoms with Crippen LogP contribution in [0.1, 0.15) is 28.4 Å². The Morgan fingerprint density at radius 1 is 1.00 bits per heavy atom. The smallest absolute Gasteiger partial charge is 0.335 e. The number of ether oxygens (including phenoxy) is 3. The summed E-state index contributed by atoms with van der Waals surface area (Å²) >= 11 is 0.743. The lowest BCUT2D eigenvalue weighted by Crippen LogP contribution is -2.36. The highest BCUT2D eigenvalue weighted by Gasteiger charge is 2.36. The van der Waals surface area contributed by atoms with E-state index in [4.69, 9.17) is 19.3 Å². The number of hydrogen-bond acceptors (Lipinski definition) is 8. The third-order valence-corrected chi connectivity index (χ3v) is 6.59. The zero-order valence-electron chi connectivity index (χ0n) is 21.7. The molecule has 1 saturated heterocycles. The molecule has 40 heavy (non-hydrogen) atoms. The Kier molecular flexibility index (Phi) is 9.07. The second-order valence-corrected chi connectivity index (χ2v) is 9.47. The molecule has 206 valence electrons. The minimum atomic E-state index is -1.03. The molecule has 3 aromatic carbocycles. The number of anilines is 1. The minimum Gasteiger partial charge on any atom is -0.494 e. The van der Waals surface area contributed by atoms with Crippen LogP contribution in [0.3, 0.4) is 0 Å². The van der Waals surface area contributed by atoms with Crippen molar-refractivity contribution in [3.8, 4) is 17.2 Å². The van der Waals surface area contributed by atoms with E-state index in [2.05, 4.69) is 5.32 Å². The molecule has 1 heterocycles. The van der Waals surface area contributed by atoms with Gasteiger partial charge in [0.1, 0.15) is 18.9 Å². The minimum absolute atomic E-state index is 0.119. The number of carbonyl (C=O) groups excluding carboxylic acids is 3. The van der Waals surface area contributed by atoms with Gasteiger partial charge in [-0.3, -0.25) is 19.3 Å². The second-order valence-electron chi connectivity index (χ2n) is 8.48. The van der Waals surface area contributed by atoms with Crippen molar-refractivity contribution in [2.24, 2.45) is 0 Å². The van der Waals surface area contributed by atoms with Crippen molar-refractivity contribution in [1.29, 1.82) is 0 Å². The van der Waals surface area contributed by atoms with Gasteiger partial charge in [0.15, 0.2) is 11.5 Å². The average molecular weight is 563 g/mol. The summed E-state index contributed by atoms with van der Waals surface area (Å²) in [6.07, 6.45) is 1.54. The molecular weight excluding hydrogens is 536 g/mol. The Bertz CT molecular complexity index is 1470. The van der Waals surface area contributed by atoms with Gasteiger partial charge >= 0.3 is 5.97 Å². The highest BCUT2D eigenvalue weighted by atomic mass is 32.2. The third kappa shape index (κ3) is 7.00. The maximum absolute atomic E-state index is 12.9. The molecule has 0 atom stereocenters. The van der Waals surface area contributed by atoms with E-state index in [-0.39, 0.29) is 17.1 Å². The fraction of sp³-hybridized carbons (Fsp3) is 0.172. The predicted octanol–water partition coefficient (Wildman–Crippen LogP) is 5.05. The van der Waals surface area contributed by atoms with Crippen molar-refractivity contribution in [3.05, 3.63) is 88.3 Å². The summed E-state index contributed by atoms with van der Waals surface area (Å²) in [6.45, 7) is 2.09. The van der Waals surface area contributed by atoms with E-state index >= 15 is 0 Å². The van der Waals surface area contributed by atoms with Crippen molar-refractivity contribution in [2.75, 3.05) is 25.6 Å². The number of rotatable bonds is 11. The van der Waals surface area contributed by atoms with Gasteiger partial charge in [-0.1, -0.05) is 18.2 Å². The molecule has 4 rings (SSSR count).